The minimum Gasteiger partial charge on any atom is -0.478 e. The average Bonchev–Trinajstić information content (AvgIpc) is 3.68. The molecule has 3 N–H and O–H groups in total. The number of carbonyl (C=O) groups excluding carboxylic acids is 3. The molecule has 11 heteroatoms. The first-order valence-corrected chi connectivity index (χ1v) is 17.2. The Bertz CT molecular complexity index is 1360. The maximum Gasteiger partial charge on any atom is 0.331 e. The second kappa shape index (κ2) is 17.4. The summed E-state index contributed by atoms with van der Waals surface area (Å²) in [4.78, 5) is 60.1. The van der Waals surface area contributed by atoms with E-state index in [4.69, 9.17) is 0 Å². The standard InChI is InChI=1S/C35H51N5O5S/c1-8-23(4)31(38-33(42)29-15-12-18-39(29)6)34(43)40(7)28(22(2)3)16-17-30-37-27(21-46-30)32(41)36-26(19-24(5)35(44)45)20-25-13-10-9-11-14-25/h9-11,13-14,19,21-23,26,28-29,31H,8,12,15-18,20H2,1-7H3,(H,36,41)(H,38,42)(H,44,45)/t23?,26-,28-,29?,31+/m1/s1. The third-order valence-corrected chi connectivity index (χ3v) is 9.96. The molecule has 2 heterocycles. The van der Waals surface area contributed by atoms with Crippen molar-refractivity contribution < 1.29 is 24.3 Å². The minimum atomic E-state index is -1.04. The monoisotopic (exact) mass is 653 g/mol. The Hall–Kier alpha value is -3.57. The van der Waals surface area contributed by atoms with Crippen molar-refractivity contribution in [1.82, 2.24) is 25.4 Å². The number of amides is 3. The summed E-state index contributed by atoms with van der Waals surface area (Å²) in [5.74, 6) is -1.43. The lowest BCUT2D eigenvalue weighted by atomic mass is 9.93. The number of likely N-dealkylation sites (N-methyl/N-ethyl adjacent to an activating group) is 2. The molecule has 1 aliphatic heterocycles. The number of carboxylic acid groups (broad SMARTS) is 1. The zero-order chi connectivity index (χ0) is 34.0. The van der Waals surface area contributed by atoms with Crippen LogP contribution < -0.4 is 10.6 Å². The summed E-state index contributed by atoms with van der Waals surface area (Å²) >= 11 is 1.39. The van der Waals surface area contributed by atoms with Gasteiger partial charge in [-0.1, -0.05) is 70.5 Å². The molecule has 0 aliphatic carbocycles. The van der Waals surface area contributed by atoms with E-state index in [2.05, 4.69) is 29.5 Å². The highest BCUT2D eigenvalue weighted by molar-refractivity contribution is 7.09. The number of nitrogens with zero attached hydrogens (tertiary/aromatic N) is 3. The third-order valence-electron chi connectivity index (χ3n) is 9.06. The number of benzene rings is 1. The van der Waals surface area contributed by atoms with Gasteiger partial charge in [-0.05, 0) is 63.6 Å². The van der Waals surface area contributed by atoms with E-state index in [0.717, 1.165) is 36.4 Å². The topological polar surface area (TPSA) is 132 Å². The second-order valence-electron chi connectivity index (χ2n) is 12.9. The third kappa shape index (κ3) is 10.2. The second-order valence-corrected chi connectivity index (χ2v) is 13.8. The summed E-state index contributed by atoms with van der Waals surface area (Å²) in [7, 11) is 3.77. The van der Waals surface area contributed by atoms with Gasteiger partial charge < -0.3 is 20.6 Å². The van der Waals surface area contributed by atoms with E-state index in [1.54, 1.807) is 16.4 Å². The van der Waals surface area contributed by atoms with E-state index in [1.165, 1.54) is 18.3 Å². The van der Waals surface area contributed by atoms with Gasteiger partial charge in [-0.3, -0.25) is 19.3 Å². The molecule has 1 aromatic heterocycles. The van der Waals surface area contributed by atoms with Crippen LogP contribution in [0.25, 0.3) is 0 Å². The lowest BCUT2D eigenvalue weighted by Gasteiger charge is -2.36. The highest BCUT2D eigenvalue weighted by Gasteiger charge is 2.36. The van der Waals surface area contributed by atoms with Crippen LogP contribution in [0.4, 0.5) is 0 Å². The van der Waals surface area contributed by atoms with Crippen LogP contribution in [0, 0.1) is 11.8 Å². The molecule has 46 heavy (non-hydrogen) atoms. The van der Waals surface area contributed by atoms with Crippen molar-refractivity contribution in [1.29, 1.82) is 0 Å². The normalized spacial score (nSPS) is 18.1. The number of carbonyl (C=O) groups is 4. The van der Waals surface area contributed by atoms with Gasteiger partial charge in [0.2, 0.25) is 11.8 Å². The minimum absolute atomic E-state index is 0.0155. The van der Waals surface area contributed by atoms with Crippen molar-refractivity contribution >= 4 is 35.0 Å². The highest BCUT2D eigenvalue weighted by Crippen LogP contribution is 2.22. The fourth-order valence-corrected chi connectivity index (χ4v) is 6.76. The Morgan fingerprint density at radius 3 is 2.43 bits per heavy atom. The van der Waals surface area contributed by atoms with E-state index < -0.39 is 18.1 Å². The summed E-state index contributed by atoms with van der Waals surface area (Å²) in [5, 5.41) is 17.9. The maximum atomic E-state index is 13.9. The van der Waals surface area contributed by atoms with Crippen LogP contribution in [0.1, 0.15) is 81.4 Å². The molecule has 0 radical (unpaired) electrons. The van der Waals surface area contributed by atoms with Crippen molar-refractivity contribution in [2.24, 2.45) is 11.8 Å². The predicted octanol–water partition coefficient (Wildman–Crippen LogP) is 4.56. The molecule has 1 aromatic carbocycles. The number of nitrogens with one attached hydrogen (secondary N) is 2. The molecule has 3 amide bonds. The SMILES string of the molecule is CCC(C)[C@H](NC(=O)C1CCCN1C)C(=O)N(C)[C@H](CCc1nc(C(=O)N[C@H](C=C(C)C(=O)O)Cc2ccccc2)cs1)C(C)C. The molecule has 2 unspecified atom stereocenters. The number of aromatic nitrogens is 1. The Morgan fingerprint density at radius 1 is 1.15 bits per heavy atom. The van der Waals surface area contributed by atoms with Crippen molar-refractivity contribution in [3.8, 4) is 0 Å². The lowest BCUT2D eigenvalue weighted by molar-refractivity contribution is -0.140. The number of aliphatic carboxylic acids is 1. The van der Waals surface area contributed by atoms with Gasteiger partial charge in [0.05, 0.1) is 17.1 Å². The molecule has 10 nitrogen and oxygen atoms in total. The molecular formula is C35H51N5O5S. The van der Waals surface area contributed by atoms with Crippen LogP contribution >= 0.6 is 11.3 Å². The summed E-state index contributed by atoms with van der Waals surface area (Å²) in [6.45, 7) is 10.6. The number of likely N-dealkylation sites (tertiary alicyclic amines) is 1. The van der Waals surface area contributed by atoms with Gasteiger partial charge in [0.15, 0.2) is 0 Å². The Kier molecular flexibility index (Phi) is 13.9. The number of carboxylic acids is 1. The van der Waals surface area contributed by atoms with Gasteiger partial charge in [0.25, 0.3) is 5.91 Å². The fourth-order valence-electron chi connectivity index (χ4n) is 5.97. The van der Waals surface area contributed by atoms with Crippen LogP contribution in [0.15, 0.2) is 47.4 Å². The van der Waals surface area contributed by atoms with Gasteiger partial charge >= 0.3 is 5.97 Å². The van der Waals surface area contributed by atoms with Crippen LogP contribution in [-0.4, -0.2) is 88.4 Å². The highest BCUT2D eigenvalue weighted by atomic mass is 32.1. The number of rotatable bonds is 16. The van der Waals surface area contributed by atoms with Crippen LogP contribution in [0.5, 0.6) is 0 Å². The molecule has 1 fully saturated rings. The van der Waals surface area contributed by atoms with Gasteiger partial charge in [0.1, 0.15) is 11.7 Å². The summed E-state index contributed by atoms with van der Waals surface area (Å²) < 4.78 is 0. The van der Waals surface area contributed by atoms with Gasteiger partial charge in [-0.25, -0.2) is 9.78 Å². The molecule has 1 saturated heterocycles. The Morgan fingerprint density at radius 2 is 1.85 bits per heavy atom. The molecule has 0 bridgehead atoms. The summed E-state index contributed by atoms with van der Waals surface area (Å²) in [6, 6.07) is 8.17. The first-order valence-electron chi connectivity index (χ1n) is 16.3. The number of hydrogen-bond donors (Lipinski definition) is 3. The Labute approximate surface area is 277 Å². The summed E-state index contributed by atoms with van der Waals surface area (Å²) in [5.41, 5.74) is 1.40. The zero-order valence-corrected chi connectivity index (χ0v) is 29.1. The molecule has 1 aliphatic rings. The van der Waals surface area contributed by atoms with Crippen molar-refractivity contribution in [2.45, 2.75) is 97.3 Å². The largest absolute Gasteiger partial charge is 0.478 e. The zero-order valence-electron chi connectivity index (χ0n) is 28.3. The molecule has 5 atom stereocenters. The van der Waals surface area contributed by atoms with Crippen LogP contribution in [-0.2, 0) is 27.2 Å². The smallest absolute Gasteiger partial charge is 0.331 e. The van der Waals surface area contributed by atoms with E-state index >= 15 is 0 Å². The van der Waals surface area contributed by atoms with E-state index in [9.17, 15) is 24.3 Å². The molecule has 2 aromatic rings. The Balaban J connectivity index is 1.67. The molecule has 0 spiro atoms. The number of hydrogen-bond acceptors (Lipinski definition) is 7. The maximum absolute atomic E-state index is 13.9. The predicted molar refractivity (Wildman–Crippen MR) is 182 cm³/mol. The van der Waals surface area contributed by atoms with Crippen molar-refractivity contribution in [2.75, 3.05) is 20.6 Å². The quantitative estimate of drug-likeness (QED) is 0.227. The van der Waals surface area contributed by atoms with E-state index in [1.807, 2.05) is 63.2 Å². The van der Waals surface area contributed by atoms with Gasteiger partial charge in [0, 0.05) is 30.5 Å². The first kappa shape index (κ1) is 36.9. The van der Waals surface area contributed by atoms with E-state index in [0.29, 0.717) is 19.3 Å². The number of thiazole rings is 1. The molecular weight excluding hydrogens is 602 g/mol. The fraction of sp³-hybridized carbons (Fsp3) is 0.571. The summed E-state index contributed by atoms with van der Waals surface area (Å²) in [6.07, 6.45) is 5.77. The van der Waals surface area contributed by atoms with Crippen LogP contribution in [0.2, 0.25) is 0 Å². The van der Waals surface area contributed by atoms with Crippen molar-refractivity contribution in [3.63, 3.8) is 0 Å². The van der Waals surface area contributed by atoms with Crippen molar-refractivity contribution in [3.05, 3.63) is 63.6 Å². The average molecular weight is 654 g/mol. The van der Waals surface area contributed by atoms with E-state index in [-0.39, 0.29) is 52.9 Å². The molecule has 252 valence electrons. The van der Waals surface area contributed by atoms with Gasteiger partial charge in [-0.15, -0.1) is 11.3 Å². The van der Waals surface area contributed by atoms with Crippen LogP contribution in [0.3, 0.4) is 0 Å². The molecule has 0 saturated carbocycles. The molecule has 3 rings (SSSR count). The number of aryl methyl sites for hydroxylation is 1. The lowest BCUT2D eigenvalue weighted by Crippen LogP contribution is -2.56. The first-order chi connectivity index (χ1) is 21.8. The van der Waals surface area contributed by atoms with Gasteiger partial charge in [-0.2, -0.15) is 0 Å².